The van der Waals surface area contributed by atoms with Gasteiger partial charge >= 0.3 is 0 Å². The molecule has 0 spiro atoms. The van der Waals surface area contributed by atoms with Gasteiger partial charge in [-0.25, -0.2) is 19.3 Å². The average Bonchev–Trinajstić information content (AvgIpc) is 3.28. The molecule has 180 valence electrons. The Balaban J connectivity index is 1.18. The molecule has 4 aromatic rings. The van der Waals surface area contributed by atoms with Gasteiger partial charge in [-0.3, -0.25) is 9.59 Å². The second-order valence-corrected chi connectivity index (χ2v) is 8.20. The van der Waals surface area contributed by atoms with E-state index in [9.17, 15) is 14.0 Å². The highest BCUT2D eigenvalue weighted by Gasteiger charge is 2.35. The number of aromatic nitrogens is 3. The summed E-state index contributed by atoms with van der Waals surface area (Å²) in [5, 5.41) is 9.17. The normalized spacial score (nSPS) is 15.0. The summed E-state index contributed by atoms with van der Waals surface area (Å²) in [4.78, 5) is 39.3. The fourth-order valence-electron chi connectivity index (χ4n) is 3.84. The van der Waals surface area contributed by atoms with Crippen LogP contribution in [0.15, 0.2) is 85.3 Å². The average molecular weight is 484 g/mol. The molecule has 1 fully saturated rings. The molecule has 1 aliphatic rings. The molecular formula is C26H22FN7O2. The predicted octanol–water partition coefficient (Wildman–Crippen LogP) is 4.49. The zero-order chi connectivity index (χ0) is 24.9. The van der Waals surface area contributed by atoms with E-state index < -0.39 is 5.92 Å². The van der Waals surface area contributed by atoms with Crippen LogP contribution in [0.3, 0.4) is 0 Å². The summed E-state index contributed by atoms with van der Waals surface area (Å²) < 4.78 is 13.2. The largest absolute Gasteiger partial charge is 0.340 e. The Hall–Kier alpha value is -4.86. The van der Waals surface area contributed by atoms with Crippen LogP contribution < -0.4 is 20.9 Å². The van der Waals surface area contributed by atoms with E-state index in [4.69, 9.17) is 0 Å². The molecule has 0 saturated carbocycles. The van der Waals surface area contributed by atoms with Gasteiger partial charge in [0.25, 0.3) is 0 Å². The van der Waals surface area contributed by atoms with Gasteiger partial charge in [0.05, 0.1) is 5.92 Å². The number of amides is 2. The third-order valence-electron chi connectivity index (χ3n) is 5.65. The molecule has 2 amide bonds. The van der Waals surface area contributed by atoms with Crippen LogP contribution >= 0.6 is 0 Å². The number of rotatable bonds is 7. The highest BCUT2D eigenvalue weighted by Crippen LogP contribution is 2.27. The van der Waals surface area contributed by atoms with Crippen molar-refractivity contribution in [2.75, 3.05) is 27.4 Å². The van der Waals surface area contributed by atoms with Gasteiger partial charge in [0.15, 0.2) is 0 Å². The molecule has 1 saturated heterocycles. The molecule has 1 unspecified atom stereocenters. The van der Waals surface area contributed by atoms with Crippen molar-refractivity contribution >= 4 is 46.3 Å². The van der Waals surface area contributed by atoms with Crippen molar-refractivity contribution in [3.05, 3.63) is 91.1 Å². The molecule has 0 aliphatic carbocycles. The maximum absolute atomic E-state index is 13.2. The van der Waals surface area contributed by atoms with Crippen molar-refractivity contribution in [1.29, 1.82) is 0 Å². The lowest BCUT2D eigenvalue weighted by molar-refractivity contribution is -0.122. The SMILES string of the molecule is O=C(Nc1ccc(Nc2cc(Nc3ccccn3)ncn2)cc1)C1CC(=O)N(c2ccc(F)cc2)C1. The molecule has 10 heteroatoms. The quantitative estimate of drug-likeness (QED) is 0.355. The van der Waals surface area contributed by atoms with Crippen LogP contribution in [0, 0.1) is 11.7 Å². The fraction of sp³-hybridized carbons (Fsp3) is 0.115. The molecule has 36 heavy (non-hydrogen) atoms. The molecule has 1 aliphatic heterocycles. The lowest BCUT2D eigenvalue weighted by atomic mass is 10.1. The Bertz CT molecular complexity index is 1370. The predicted molar refractivity (Wildman–Crippen MR) is 135 cm³/mol. The number of nitrogens with zero attached hydrogens (tertiary/aromatic N) is 4. The van der Waals surface area contributed by atoms with Gasteiger partial charge in [0.1, 0.15) is 29.6 Å². The minimum atomic E-state index is -0.494. The van der Waals surface area contributed by atoms with Crippen LogP contribution in [0.2, 0.25) is 0 Å². The number of benzene rings is 2. The van der Waals surface area contributed by atoms with E-state index in [1.54, 1.807) is 24.4 Å². The molecule has 9 nitrogen and oxygen atoms in total. The van der Waals surface area contributed by atoms with Crippen LogP contribution in [0.25, 0.3) is 0 Å². The Labute approximate surface area is 206 Å². The topological polar surface area (TPSA) is 112 Å². The zero-order valence-electron chi connectivity index (χ0n) is 19.1. The molecule has 0 radical (unpaired) electrons. The maximum atomic E-state index is 13.2. The highest BCUT2D eigenvalue weighted by atomic mass is 19.1. The van der Waals surface area contributed by atoms with Gasteiger partial charge in [-0.1, -0.05) is 6.07 Å². The van der Waals surface area contributed by atoms with E-state index in [-0.39, 0.29) is 30.6 Å². The third kappa shape index (κ3) is 5.44. The molecule has 1 atom stereocenters. The van der Waals surface area contributed by atoms with Crippen molar-refractivity contribution in [3.63, 3.8) is 0 Å². The van der Waals surface area contributed by atoms with Crippen LogP contribution in [-0.4, -0.2) is 33.3 Å². The van der Waals surface area contributed by atoms with E-state index in [1.165, 1.54) is 35.5 Å². The number of anilines is 6. The zero-order valence-corrected chi connectivity index (χ0v) is 19.1. The van der Waals surface area contributed by atoms with E-state index >= 15 is 0 Å². The van der Waals surface area contributed by atoms with Gasteiger partial charge in [0, 0.05) is 42.3 Å². The Morgan fingerprint density at radius 2 is 1.58 bits per heavy atom. The number of hydrogen-bond donors (Lipinski definition) is 3. The monoisotopic (exact) mass is 483 g/mol. The minimum absolute atomic E-state index is 0.103. The van der Waals surface area contributed by atoms with Crippen LogP contribution in [-0.2, 0) is 9.59 Å². The van der Waals surface area contributed by atoms with Crippen LogP contribution in [0.5, 0.6) is 0 Å². The molecule has 3 heterocycles. The fourth-order valence-corrected chi connectivity index (χ4v) is 3.84. The molecule has 3 N–H and O–H groups in total. The maximum Gasteiger partial charge on any atom is 0.229 e. The molecule has 2 aromatic heterocycles. The lowest BCUT2D eigenvalue weighted by Gasteiger charge is -2.16. The molecule has 2 aromatic carbocycles. The van der Waals surface area contributed by atoms with E-state index in [0.29, 0.717) is 28.8 Å². The standard InChI is InChI=1S/C26H22FN7O2/c27-18-4-10-21(11-5-18)34-15-17(13-25(34)35)26(36)32-20-8-6-19(7-9-20)31-23-14-24(30-16-29-23)33-22-3-1-2-12-28-22/h1-12,14,16-17H,13,15H2,(H,32,36)(H2,28,29,30,31,33). The number of carbonyl (C=O) groups is 2. The summed E-state index contributed by atoms with van der Waals surface area (Å²) in [7, 11) is 0. The van der Waals surface area contributed by atoms with Crippen molar-refractivity contribution in [3.8, 4) is 0 Å². The molecule has 5 rings (SSSR count). The number of carbonyl (C=O) groups excluding carboxylic acids is 2. The van der Waals surface area contributed by atoms with E-state index in [1.807, 2.05) is 30.3 Å². The number of hydrogen-bond acceptors (Lipinski definition) is 7. The Morgan fingerprint density at radius 3 is 2.31 bits per heavy atom. The van der Waals surface area contributed by atoms with Crippen LogP contribution in [0.1, 0.15) is 6.42 Å². The number of halogens is 1. The number of pyridine rings is 1. The van der Waals surface area contributed by atoms with Crippen molar-refractivity contribution in [2.45, 2.75) is 6.42 Å². The first kappa shape index (κ1) is 22.9. The van der Waals surface area contributed by atoms with E-state index in [2.05, 4.69) is 30.9 Å². The minimum Gasteiger partial charge on any atom is -0.340 e. The van der Waals surface area contributed by atoms with Crippen molar-refractivity contribution in [1.82, 2.24) is 15.0 Å². The van der Waals surface area contributed by atoms with Crippen LogP contribution in [0.4, 0.5) is 38.9 Å². The highest BCUT2D eigenvalue weighted by molar-refractivity contribution is 6.03. The second-order valence-electron chi connectivity index (χ2n) is 8.20. The molecular weight excluding hydrogens is 461 g/mol. The van der Waals surface area contributed by atoms with Gasteiger partial charge in [-0.2, -0.15) is 0 Å². The number of nitrogens with one attached hydrogen (secondary N) is 3. The summed E-state index contributed by atoms with van der Waals surface area (Å²) >= 11 is 0. The van der Waals surface area contributed by atoms with Gasteiger partial charge < -0.3 is 20.9 Å². The van der Waals surface area contributed by atoms with Gasteiger partial charge in [0.2, 0.25) is 11.8 Å². The lowest BCUT2D eigenvalue weighted by Crippen LogP contribution is -2.28. The molecule has 0 bridgehead atoms. The second kappa shape index (κ2) is 10.2. The first-order valence-corrected chi connectivity index (χ1v) is 11.3. The summed E-state index contributed by atoms with van der Waals surface area (Å²) in [6.45, 7) is 0.249. The van der Waals surface area contributed by atoms with E-state index in [0.717, 1.165) is 5.69 Å². The first-order valence-electron chi connectivity index (χ1n) is 11.3. The Kier molecular flexibility index (Phi) is 6.48. The first-order chi connectivity index (χ1) is 17.5. The van der Waals surface area contributed by atoms with Gasteiger partial charge in [-0.05, 0) is 60.7 Å². The van der Waals surface area contributed by atoms with Crippen molar-refractivity contribution in [2.24, 2.45) is 5.92 Å². The van der Waals surface area contributed by atoms with Crippen molar-refractivity contribution < 1.29 is 14.0 Å². The summed E-state index contributed by atoms with van der Waals surface area (Å²) in [5.74, 6) is 0.580. The summed E-state index contributed by atoms with van der Waals surface area (Å²) in [5.41, 5.74) is 1.96. The summed E-state index contributed by atoms with van der Waals surface area (Å²) in [6, 6.07) is 20.1. The Morgan fingerprint density at radius 1 is 0.861 bits per heavy atom. The van der Waals surface area contributed by atoms with Gasteiger partial charge in [-0.15, -0.1) is 0 Å². The third-order valence-corrected chi connectivity index (χ3v) is 5.65. The smallest absolute Gasteiger partial charge is 0.229 e. The summed E-state index contributed by atoms with van der Waals surface area (Å²) in [6.07, 6.45) is 3.24.